The third kappa shape index (κ3) is 4.38. The third-order valence-electron chi connectivity index (χ3n) is 4.50. The number of ether oxygens (including phenoxy) is 2. The minimum absolute atomic E-state index is 0.297. The minimum atomic E-state index is -0.297. The Hall–Kier alpha value is -2.29. The average molecular weight is 326 g/mol. The lowest BCUT2D eigenvalue weighted by molar-refractivity contribution is -0.131. The predicted octanol–water partition coefficient (Wildman–Crippen LogP) is 5.19. The molecule has 3 heteroatoms. The first kappa shape index (κ1) is 18.1. The molecule has 3 nitrogen and oxygen atoms in total. The van der Waals surface area contributed by atoms with Gasteiger partial charge in [-0.25, -0.2) is 0 Å². The fraction of sp³-hybridized carbons (Fsp3) is 0.381. The number of esters is 1. The van der Waals surface area contributed by atoms with Gasteiger partial charge in [0.25, 0.3) is 0 Å². The Labute approximate surface area is 144 Å². The Bertz CT molecular complexity index is 640. The molecule has 0 aliphatic carbocycles. The summed E-state index contributed by atoms with van der Waals surface area (Å²) in [5, 5.41) is 0. The molecule has 0 amide bonds. The molecule has 0 saturated carbocycles. The lowest BCUT2D eigenvalue weighted by Gasteiger charge is -2.26. The van der Waals surface area contributed by atoms with E-state index >= 15 is 0 Å². The van der Waals surface area contributed by atoms with Crippen molar-refractivity contribution in [2.45, 2.75) is 39.5 Å². The highest BCUT2D eigenvalue weighted by Gasteiger charge is 2.22. The van der Waals surface area contributed by atoms with Crippen molar-refractivity contribution in [2.24, 2.45) is 5.92 Å². The van der Waals surface area contributed by atoms with Gasteiger partial charge < -0.3 is 9.47 Å². The molecule has 128 valence electrons. The molecule has 0 bridgehead atoms. The van der Waals surface area contributed by atoms with Crippen LogP contribution in [0.5, 0.6) is 11.5 Å². The van der Waals surface area contributed by atoms with E-state index in [1.54, 1.807) is 7.11 Å². The summed E-state index contributed by atoms with van der Waals surface area (Å²) < 4.78 is 10.4. The molecule has 1 atom stereocenters. The lowest BCUT2D eigenvalue weighted by Crippen LogP contribution is -2.13. The van der Waals surface area contributed by atoms with Crippen molar-refractivity contribution >= 4 is 5.97 Å². The molecular weight excluding hydrogens is 300 g/mol. The van der Waals surface area contributed by atoms with Gasteiger partial charge in [0.1, 0.15) is 11.5 Å². The molecule has 24 heavy (non-hydrogen) atoms. The van der Waals surface area contributed by atoms with Crippen LogP contribution in [0, 0.1) is 5.92 Å². The number of hydrogen-bond acceptors (Lipinski definition) is 3. The zero-order chi connectivity index (χ0) is 17.5. The van der Waals surface area contributed by atoms with E-state index in [-0.39, 0.29) is 5.97 Å². The number of carbonyl (C=O) groups is 1. The zero-order valence-electron chi connectivity index (χ0n) is 14.9. The smallest absolute Gasteiger partial charge is 0.308 e. The summed E-state index contributed by atoms with van der Waals surface area (Å²) in [6.45, 7) is 5.88. The number of rotatable bonds is 7. The van der Waals surface area contributed by atoms with Crippen molar-refractivity contribution < 1.29 is 14.3 Å². The van der Waals surface area contributed by atoms with Crippen LogP contribution >= 0.6 is 0 Å². The lowest BCUT2D eigenvalue weighted by atomic mass is 9.78. The molecule has 0 fully saturated rings. The maximum Gasteiger partial charge on any atom is 0.308 e. The molecule has 2 rings (SSSR count). The van der Waals surface area contributed by atoms with Crippen molar-refractivity contribution in [1.29, 1.82) is 0 Å². The molecule has 0 aliphatic rings. The van der Waals surface area contributed by atoms with Crippen LogP contribution in [0.4, 0.5) is 0 Å². The molecular formula is C21H26O3. The molecule has 1 unspecified atom stereocenters. The van der Waals surface area contributed by atoms with E-state index in [0.717, 1.165) is 18.6 Å². The summed E-state index contributed by atoms with van der Waals surface area (Å²) in [5.74, 6) is 2.03. The second-order valence-electron chi connectivity index (χ2n) is 5.99. The van der Waals surface area contributed by atoms with Gasteiger partial charge in [-0.3, -0.25) is 4.79 Å². The third-order valence-corrected chi connectivity index (χ3v) is 4.50. The topological polar surface area (TPSA) is 35.5 Å². The minimum Gasteiger partial charge on any atom is -0.497 e. The van der Waals surface area contributed by atoms with Gasteiger partial charge in [0.2, 0.25) is 0 Å². The molecule has 0 N–H and O–H groups in total. The Morgan fingerprint density at radius 3 is 1.71 bits per heavy atom. The van der Waals surface area contributed by atoms with Crippen molar-refractivity contribution in [3.8, 4) is 11.5 Å². The standard InChI is InChI=1S/C21H26O3/c1-5-16(6-2)21(17-7-11-19(23-4)12-8-17)18-9-13-20(14-10-18)24-15(3)22/h7-14,16,21H,5-6H2,1-4H3. The molecule has 0 radical (unpaired) electrons. The second kappa shape index (κ2) is 8.53. The summed E-state index contributed by atoms with van der Waals surface area (Å²) in [6.07, 6.45) is 2.22. The molecule has 2 aromatic rings. The van der Waals surface area contributed by atoms with Crippen molar-refractivity contribution in [3.63, 3.8) is 0 Å². The van der Waals surface area contributed by atoms with Crippen LogP contribution in [0.25, 0.3) is 0 Å². The van der Waals surface area contributed by atoms with Gasteiger partial charge in [-0.2, -0.15) is 0 Å². The van der Waals surface area contributed by atoms with Crippen LogP contribution in [-0.2, 0) is 4.79 Å². The van der Waals surface area contributed by atoms with Crippen molar-refractivity contribution in [3.05, 3.63) is 59.7 Å². The first-order chi connectivity index (χ1) is 11.6. The van der Waals surface area contributed by atoms with Gasteiger partial charge in [0.15, 0.2) is 0 Å². The highest BCUT2D eigenvalue weighted by molar-refractivity contribution is 5.69. The fourth-order valence-corrected chi connectivity index (χ4v) is 3.22. The fourth-order valence-electron chi connectivity index (χ4n) is 3.22. The monoisotopic (exact) mass is 326 g/mol. The summed E-state index contributed by atoms with van der Waals surface area (Å²) in [6, 6.07) is 16.2. The molecule has 2 aromatic carbocycles. The van der Waals surface area contributed by atoms with E-state index in [2.05, 4.69) is 38.1 Å². The molecule has 0 heterocycles. The number of methoxy groups -OCH3 is 1. The Morgan fingerprint density at radius 2 is 1.33 bits per heavy atom. The summed E-state index contributed by atoms with van der Waals surface area (Å²) in [4.78, 5) is 11.1. The van der Waals surface area contributed by atoms with Gasteiger partial charge >= 0.3 is 5.97 Å². The Kier molecular flexibility index (Phi) is 6.42. The summed E-state index contributed by atoms with van der Waals surface area (Å²) >= 11 is 0. The predicted molar refractivity (Wildman–Crippen MR) is 96.7 cm³/mol. The average Bonchev–Trinajstić information content (AvgIpc) is 2.60. The second-order valence-corrected chi connectivity index (χ2v) is 5.99. The van der Waals surface area contributed by atoms with Gasteiger partial charge in [-0.15, -0.1) is 0 Å². The number of hydrogen-bond donors (Lipinski definition) is 0. The first-order valence-electron chi connectivity index (χ1n) is 8.51. The van der Waals surface area contributed by atoms with E-state index in [9.17, 15) is 4.79 Å². The van der Waals surface area contributed by atoms with E-state index in [1.807, 2.05) is 24.3 Å². The maximum absolute atomic E-state index is 11.1. The highest BCUT2D eigenvalue weighted by Crippen LogP contribution is 2.37. The van der Waals surface area contributed by atoms with Gasteiger partial charge in [0.05, 0.1) is 7.11 Å². The molecule has 0 aromatic heterocycles. The van der Waals surface area contributed by atoms with Gasteiger partial charge in [0, 0.05) is 12.8 Å². The van der Waals surface area contributed by atoms with E-state index < -0.39 is 0 Å². The number of carbonyl (C=O) groups excluding carboxylic acids is 1. The first-order valence-corrected chi connectivity index (χ1v) is 8.51. The van der Waals surface area contributed by atoms with Crippen molar-refractivity contribution in [2.75, 3.05) is 7.11 Å². The Morgan fingerprint density at radius 1 is 0.875 bits per heavy atom. The summed E-state index contributed by atoms with van der Waals surface area (Å²) in [5.41, 5.74) is 2.52. The molecule has 0 saturated heterocycles. The van der Waals surface area contributed by atoms with Gasteiger partial charge in [-0.05, 0) is 41.3 Å². The van der Waals surface area contributed by atoms with E-state index in [0.29, 0.717) is 17.6 Å². The van der Waals surface area contributed by atoms with Crippen LogP contribution in [0.3, 0.4) is 0 Å². The van der Waals surface area contributed by atoms with Gasteiger partial charge in [-0.1, -0.05) is 51.0 Å². The number of benzene rings is 2. The molecule has 0 spiro atoms. The van der Waals surface area contributed by atoms with Crippen molar-refractivity contribution in [1.82, 2.24) is 0 Å². The van der Waals surface area contributed by atoms with Crippen LogP contribution in [0.1, 0.15) is 50.7 Å². The maximum atomic E-state index is 11.1. The SMILES string of the molecule is CCC(CC)C(c1ccc(OC)cc1)c1ccc(OC(C)=O)cc1. The largest absolute Gasteiger partial charge is 0.497 e. The van der Waals surface area contributed by atoms with E-state index in [4.69, 9.17) is 9.47 Å². The van der Waals surface area contributed by atoms with Crippen LogP contribution < -0.4 is 9.47 Å². The van der Waals surface area contributed by atoms with Crippen LogP contribution in [0.2, 0.25) is 0 Å². The summed E-state index contributed by atoms with van der Waals surface area (Å²) in [7, 11) is 1.68. The van der Waals surface area contributed by atoms with Crippen LogP contribution in [0.15, 0.2) is 48.5 Å². The van der Waals surface area contributed by atoms with E-state index in [1.165, 1.54) is 18.1 Å². The molecule has 0 aliphatic heterocycles. The Balaban J connectivity index is 2.36. The quantitative estimate of drug-likeness (QED) is 0.519. The zero-order valence-corrected chi connectivity index (χ0v) is 14.9. The van der Waals surface area contributed by atoms with Crippen LogP contribution in [-0.4, -0.2) is 13.1 Å². The highest BCUT2D eigenvalue weighted by atomic mass is 16.5. The normalized spacial score (nSPS) is 12.0.